The fourth-order valence-electron chi connectivity index (χ4n) is 19.6. The number of unbranched alkanes of at least 4 members (excludes halogenated alkanes) is 6. The van der Waals surface area contributed by atoms with Crippen LogP contribution < -0.4 is 9.47 Å². The Morgan fingerprint density at radius 3 is 0.677 bits per heavy atom. The highest BCUT2D eigenvalue weighted by molar-refractivity contribution is 5.22. The van der Waals surface area contributed by atoms with Gasteiger partial charge < -0.3 is 97.0 Å². The van der Waals surface area contributed by atoms with Crippen LogP contribution in [0.4, 0.5) is 0 Å². The molecule has 9 saturated carbocycles. The Balaban J connectivity index is 0.000000250. The summed E-state index contributed by atoms with van der Waals surface area (Å²) in [4.78, 5) is 0. The summed E-state index contributed by atoms with van der Waals surface area (Å²) in [6.45, 7) is 28.4. The van der Waals surface area contributed by atoms with Crippen molar-refractivity contribution < 1.29 is 97.0 Å². The molecule has 712 valence electrons. The second kappa shape index (κ2) is 75.4. The van der Waals surface area contributed by atoms with Crippen LogP contribution in [0.15, 0.2) is 121 Å². The lowest BCUT2D eigenvalue weighted by molar-refractivity contribution is 0.00942. The molecule has 16 atom stereocenters. The molecule has 0 aromatic heterocycles. The van der Waals surface area contributed by atoms with E-state index in [-0.39, 0.29) is 26.4 Å². The van der Waals surface area contributed by atoms with Crippen molar-refractivity contribution in [2.24, 2.45) is 71.0 Å². The number of hydrogen-bond donors (Lipinski definition) is 6. The van der Waals surface area contributed by atoms with Crippen molar-refractivity contribution in [3.63, 3.8) is 0 Å². The summed E-state index contributed by atoms with van der Waals surface area (Å²) in [6.07, 6.45) is 38.3. The Hall–Kier alpha value is -4.24. The number of benzene rings is 4. The molecule has 4 aromatic carbocycles. The molecule has 9 fully saturated rings. The molecule has 4 aromatic rings. The molecule has 6 bridgehead atoms. The van der Waals surface area contributed by atoms with E-state index in [2.05, 4.69) is 0 Å². The monoisotopic (exact) mass is 1750 g/mol. The molecular weight excluding hydrogens is 1570 g/mol. The summed E-state index contributed by atoms with van der Waals surface area (Å²) < 4.78 is 73.7. The lowest BCUT2D eigenvalue weighted by atomic mass is 9.82. The van der Waals surface area contributed by atoms with Crippen LogP contribution in [-0.2, 0) is 56.8 Å². The van der Waals surface area contributed by atoms with Gasteiger partial charge in [-0.05, 0) is 321 Å². The van der Waals surface area contributed by atoms with Crippen molar-refractivity contribution in [2.75, 3.05) is 185 Å². The summed E-state index contributed by atoms with van der Waals surface area (Å²) in [6, 6.07) is 38.1. The van der Waals surface area contributed by atoms with Crippen LogP contribution in [0.2, 0.25) is 0 Å². The molecule has 0 heterocycles. The van der Waals surface area contributed by atoms with Crippen LogP contribution in [-0.4, -0.2) is 228 Å². The first-order valence-electron chi connectivity index (χ1n) is 49.3. The van der Waals surface area contributed by atoms with Crippen molar-refractivity contribution in [3.05, 3.63) is 132 Å². The predicted molar refractivity (Wildman–Crippen MR) is 497 cm³/mol. The molecule has 6 N–H and O–H groups in total. The van der Waals surface area contributed by atoms with Gasteiger partial charge in [-0.2, -0.15) is 0 Å². The van der Waals surface area contributed by atoms with Gasteiger partial charge in [-0.3, -0.25) is 0 Å². The number of para-hydroxylation sites is 2. The summed E-state index contributed by atoms with van der Waals surface area (Å²) in [5.74, 6) is 15.9. The minimum Gasteiger partial charge on any atom is -0.491 e. The quantitative estimate of drug-likeness (QED) is 0.0225. The van der Waals surface area contributed by atoms with Crippen LogP contribution in [0.25, 0.3) is 0 Å². The molecule has 16 unspecified atom stereocenters. The maximum Gasteiger partial charge on any atom is 0.119 e. The van der Waals surface area contributed by atoms with E-state index in [0.29, 0.717) is 66.1 Å². The van der Waals surface area contributed by atoms with Gasteiger partial charge in [-0.15, -0.1) is 0 Å². The van der Waals surface area contributed by atoms with E-state index in [9.17, 15) is 20.4 Å². The average molecular weight is 1750 g/mol. The van der Waals surface area contributed by atoms with E-state index >= 15 is 0 Å². The van der Waals surface area contributed by atoms with Gasteiger partial charge in [-0.1, -0.05) is 116 Å². The molecular formula is C104H176O20. The second-order valence-corrected chi connectivity index (χ2v) is 34.6. The smallest absolute Gasteiger partial charge is 0.119 e. The lowest BCUT2D eigenvalue weighted by Crippen LogP contribution is -2.23. The van der Waals surface area contributed by atoms with Crippen molar-refractivity contribution in [3.8, 4) is 11.5 Å². The van der Waals surface area contributed by atoms with Gasteiger partial charge in [0.05, 0.1) is 52.9 Å². The Labute approximate surface area is 751 Å². The van der Waals surface area contributed by atoms with E-state index in [1.165, 1.54) is 71.0 Å². The normalized spacial score (nSPS) is 23.0. The van der Waals surface area contributed by atoms with Crippen molar-refractivity contribution in [2.45, 2.75) is 259 Å². The average Bonchev–Trinajstić information content (AvgIpc) is 1.64. The maximum atomic E-state index is 9.81. The zero-order chi connectivity index (χ0) is 88.6. The number of fused-ring (bicyclic) bond motifs is 15. The predicted octanol–water partition coefficient (Wildman–Crippen LogP) is 19.7. The topological polar surface area (TPSA) is 251 Å². The first-order valence-corrected chi connectivity index (χ1v) is 49.3. The molecule has 0 amide bonds. The molecule has 0 aliphatic heterocycles. The van der Waals surface area contributed by atoms with Crippen LogP contribution >= 0.6 is 0 Å². The van der Waals surface area contributed by atoms with Crippen LogP contribution in [0, 0.1) is 71.0 Å². The molecule has 20 nitrogen and oxygen atoms in total. The summed E-state index contributed by atoms with van der Waals surface area (Å²) in [7, 11) is 0. The molecule has 9 aliphatic rings. The molecule has 13 rings (SSSR count). The van der Waals surface area contributed by atoms with E-state index in [1.54, 1.807) is 116 Å². The highest BCUT2D eigenvalue weighted by atomic mass is 16.5. The zero-order valence-corrected chi connectivity index (χ0v) is 78.2. The number of aliphatic hydroxyl groups is 6. The molecule has 9 aliphatic carbocycles. The highest BCUT2D eigenvalue weighted by Gasteiger charge is 2.51. The molecule has 20 heteroatoms. The number of hydrogen-bond acceptors (Lipinski definition) is 20. The van der Waals surface area contributed by atoms with E-state index in [4.69, 9.17) is 76.5 Å². The van der Waals surface area contributed by atoms with Gasteiger partial charge in [0.2, 0.25) is 0 Å². The molecule has 0 saturated heterocycles. The van der Waals surface area contributed by atoms with Crippen molar-refractivity contribution in [1.82, 2.24) is 0 Å². The van der Waals surface area contributed by atoms with Crippen LogP contribution in [0.5, 0.6) is 11.5 Å². The minimum atomic E-state index is -0.591. The van der Waals surface area contributed by atoms with Crippen LogP contribution in [0.3, 0.4) is 0 Å². The summed E-state index contributed by atoms with van der Waals surface area (Å²) in [5, 5.41) is 55.7. The summed E-state index contributed by atoms with van der Waals surface area (Å²) in [5.41, 5.74) is 1.81. The van der Waals surface area contributed by atoms with Gasteiger partial charge in [0, 0.05) is 119 Å². The van der Waals surface area contributed by atoms with Crippen molar-refractivity contribution >= 4 is 0 Å². The fourth-order valence-corrected chi connectivity index (χ4v) is 19.6. The van der Waals surface area contributed by atoms with Gasteiger partial charge in [0.15, 0.2) is 0 Å². The Morgan fingerprint density at radius 2 is 0.452 bits per heavy atom. The first kappa shape index (κ1) is 110. The van der Waals surface area contributed by atoms with E-state index < -0.39 is 24.4 Å². The lowest BCUT2D eigenvalue weighted by Gasteiger charge is -2.23. The minimum absolute atomic E-state index is 0.117. The highest BCUT2D eigenvalue weighted by Crippen LogP contribution is 2.60. The van der Waals surface area contributed by atoms with E-state index in [0.717, 1.165) is 192 Å². The maximum absolute atomic E-state index is 9.81. The molecule has 0 spiro atoms. The van der Waals surface area contributed by atoms with Gasteiger partial charge in [-0.25, -0.2) is 0 Å². The zero-order valence-electron chi connectivity index (χ0n) is 78.2. The first-order chi connectivity index (χ1) is 61.0. The SMILES string of the molecule is C1CC2C3CCC(C3)C2C1.C1CC2C3CCC(C3)C2C1.C1CC2C3CCC(C3)C2C1.CCOCCCCOCC(O)COc1ccccc1.CCOCCCCOCC(O)COc1ccccc1.CCOCCCCOCC(O)c1ccccc1.CCOCCCCOCC(O)c1ccccc1.CCOCCCCOCCO.CCOCCCCOCCO. The third-order valence-electron chi connectivity index (χ3n) is 25.6. The molecule has 0 radical (unpaired) electrons. The Morgan fingerprint density at radius 1 is 0.242 bits per heavy atom. The van der Waals surface area contributed by atoms with Gasteiger partial charge in [0.25, 0.3) is 0 Å². The largest absolute Gasteiger partial charge is 0.491 e. The van der Waals surface area contributed by atoms with Gasteiger partial charge >= 0.3 is 0 Å². The van der Waals surface area contributed by atoms with Crippen LogP contribution in [0.1, 0.15) is 258 Å². The van der Waals surface area contributed by atoms with Gasteiger partial charge in [0.1, 0.15) is 49.1 Å². The summed E-state index contributed by atoms with van der Waals surface area (Å²) >= 11 is 0. The number of ether oxygens (including phenoxy) is 14. The van der Waals surface area contributed by atoms with E-state index in [1.807, 2.05) is 163 Å². The second-order valence-electron chi connectivity index (χ2n) is 34.6. The Kier molecular flexibility index (Phi) is 67.1. The molecule has 124 heavy (non-hydrogen) atoms. The number of aliphatic hydroxyl groups excluding tert-OH is 6. The standard InChI is InChI=1S/2C15H24O4.2C14H22O3.3C10H16.2C8H18O3/c2*1-2-17-10-6-7-11-18-12-14(16)13-19-15-8-4-3-5-9-15;2*1-2-16-10-6-7-11-17-12-14(15)13-8-4-3-5-9-13;3*1-2-9-7-4-5-8(6-7)10(9)3-1;2*1-2-10-6-3-4-7-11-8-5-9/h2*3-5,8-9,14,16H,2,6-7,10-13H2,1H3;2*3-5,8-9,14-15H,2,6-7,10-12H2,1H3;3*7-10H,1-6H2;2*9H,2-8H2,1H3. The Bertz CT molecular complexity index is 2640. The third kappa shape index (κ3) is 50.2. The number of rotatable bonds is 56. The third-order valence-corrected chi connectivity index (χ3v) is 25.6. The van der Waals surface area contributed by atoms with Crippen molar-refractivity contribution in [1.29, 1.82) is 0 Å². The fraction of sp³-hybridized carbons (Fsp3) is 0.769.